The van der Waals surface area contributed by atoms with Crippen molar-refractivity contribution in [2.45, 2.75) is 252 Å². The van der Waals surface area contributed by atoms with E-state index in [9.17, 15) is 14.4 Å². The van der Waals surface area contributed by atoms with E-state index in [4.69, 9.17) is 14.2 Å². The summed E-state index contributed by atoms with van der Waals surface area (Å²) in [5.74, 6) is -0.907. The van der Waals surface area contributed by atoms with E-state index in [2.05, 4.69) is 57.2 Å². The molecule has 1 atom stereocenters. The molecule has 0 N–H and O–H groups in total. The zero-order valence-corrected chi connectivity index (χ0v) is 37.2. The Bertz CT molecular complexity index is 953. The van der Waals surface area contributed by atoms with Gasteiger partial charge in [0.25, 0.3) is 0 Å². The van der Waals surface area contributed by atoms with Gasteiger partial charge in [0.1, 0.15) is 13.2 Å². The van der Waals surface area contributed by atoms with Crippen molar-refractivity contribution in [3.8, 4) is 0 Å². The van der Waals surface area contributed by atoms with Gasteiger partial charge in [-0.15, -0.1) is 0 Å². The summed E-state index contributed by atoms with van der Waals surface area (Å²) in [6.45, 7) is 6.51. The van der Waals surface area contributed by atoms with Crippen LogP contribution in [0.4, 0.5) is 0 Å². The maximum atomic E-state index is 12.7. The largest absolute Gasteiger partial charge is 0.462 e. The third-order valence-corrected chi connectivity index (χ3v) is 10.4. The molecule has 56 heavy (non-hydrogen) atoms. The Kier molecular flexibility index (Phi) is 43.4. The summed E-state index contributed by atoms with van der Waals surface area (Å²) < 4.78 is 16.6. The Morgan fingerprint density at radius 3 is 1.04 bits per heavy atom. The standard InChI is InChI=1S/C50H90O6/c1-4-7-10-13-15-17-19-21-23-24-25-27-28-30-32-34-37-40-43-49(52)55-46-47(45-54-48(51)42-39-36-12-9-6-3)56-50(53)44-41-38-35-33-31-29-26-22-20-18-16-14-11-8-5-2/h16,18,22-24,26,47H,4-15,17,19-21,25,27-46H2,1-3H3/b18-16-,24-23-,26-22-. The first kappa shape index (κ1) is 53.6. The molecular formula is C50H90O6. The Morgan fingerprint density at radius 1 is 0.357 bits per heavy atom. The molecule has 0 saturated heterocycles. The van der Waals surface area contributed by atoms with Crippen LogP contribution in [0.5, 0.6) is 0 Å². The zero-order chi connectivity index (χ0) is 40.8. The van der Waals surface area contributed by atoms with E-state index in [0.29, 0.717) is 19.3 Å². The first-order valence-corrected chi connectivity index (χ1v) is 24.0. The number of hydrogen-bond acceptors (Lipinski definition) is 6. The molecule has 0 aliphatic carbocycles. The number of ether oxygens (including phenoxy) is 3. The molecule has 0 radical (unpaired) electrons. The van der Waals surface area contributed by atoms with Crippen LogP contribution in [0.1, 0.15) is 245 Å². The van der Waals surface area contributed by atoms with Gasteiger partial charge in [-0.3, -0.25) is 14.4 Å². The predicted molar refractivity (Wildman–Crippen MR) is 238 cm³/mol. The zero-order valence-electron chi connectivity index (χ0n) is 37.2. The molecule has 0 rings (SSSR count). The summed E-state index contributed by atoms with van der Waals surface area (Å²) in [6.07, 6.45) is 51.6. The first-order valence-electron chi connectivity index (χ1n) is 24.0. The van der Waals surface area contributed by atoms with Crippen molar-refractivity contribution in [3.63, 3.8) is 0 Å². The maximum Gasteiger partial charge on any atom is 0.306 e. The number of carbonyl (C=O) groups excluding carboxylic acids is 3. The lowest BCUT2D eigenvalue weighted by atomic mass is 10.1. The second kappa shape index (κ2) is 45.3. The van der Waals surface area contributed by atoms with Gasteiger partial charge >= 0.3 is 17.9 Å². The third-order valence-electron chi connectivity index (χ3n) is 10.4. The highest BCUT2D eigenvalue weighted by atomic mass is 16.6. The number of unbranched alkanes of at least 4 members (excludes halogenated alkanes) is 26. The molecule has 6 nitrogen and oxygen atoms in total. The fourth-order valence-electron chi connectivity index (χ4n) is 6.70. The van der Waals surface area contributed by atoms with Crippen LogP contribution < -0.4 is 0 Å². The Hall–Kier alpha value is -2.37. The molecule has 0 saturated carbocycles. The van der Waals surface area contributed by atoms with Crippen LogP contribution in [0.15, 0.2) is 36.5 Å². The van der Waals surface area contributed by atoms with E-state index in [1.54, 1.807) is 0 Å². The molecule has 0 bridgehead atoms. The minimum Gasteiger partial charge on any atom is -0.462 e. The lowest BCUT2D eigenvalue weighted by molar-refractivity contribution is -0.167. The van der Waals surface area contributed by atoms with Crippen molar-refractivity contribution >= 4 is 17.9 Å². The first-order chi connectivity index (χ1) is 27.5. The van der Waals surface area contributed by atoms with Crippen molar-refractivity contribution in [2.24, 2.45) is 0 Å². The van der Waals surface area contributed by atoms with E-state index in [1.807, 2.05) is 0 Å². The lowest BCUT2D eigenvalue weighted by Gasteiger charge is -2.18. The molecule has 0 aromatic heterocycles. The molecule has 6 heteroatoms. The topological polar surface area (TPSA) is 78.9 Å². The van der Waals surface area contributed by atoms with Gasteiger partial charge in [-0.2, -0.15) is 0 Å². The predicted octanol–water partition coefficient (Wildman–Crippen LogP) is 15.4. The highest BCUT2D eigenvalue weighted by Gasteiger charge is 2.19. The smallest absolute Gasteiger partial charge is 0.306 e. The monoisotopic (exact) mass is 787 g/mol. The maximum absolute atomic E-state index is 12.7. The highest BCUT2D eigenvalue weighted by Crippen LogP contribution is 2.14. The summed E-state index contributed by atoms with van der Waals surface area (Å²) in [4.78, 5) is 37.5. The summed E-state index contributed by atoms with van der Waals surface area (Å²) in [5.41, 5.74) is 0. The SMILES string of the molecule is CCCCC/C=C\C/C=C\CCCCCCCC(=O)OC(COC(=O)CCCCCCC)COC(=O)CCCCCCCCC/C=C\CCCCCCCCC. The van der Waals surface area contributed by atoms with Gasteiger partial charge in [-0.1, -0.05) is 186 Å². The average Bonchev–Trinajstić information content (AvgIpc) is 3.19. The van der Waals surface area contributed by atoms with Gasteiger partial charge in [0.2, 0.25) is 0 Å². The normalized spacial score (nSPS) is 12.3. The molecular weight excluding hydrogens is 697 g/mol. The van der Waals surface area contributed by atoms with Gasteiger partial charge in [-0.05, 0) is 77.0 Å². The van der Waals surface area contributed by atoms with Crippen molar-refractivity contribution < 1.29 is 28.6 Å². The Balaban J connectivity index is 4.20. The van der Waals surface area contributed by atoms with Gasteiger partial charge in [-0.25, -0.2) is 0 Å². The molecule has 1 unspecified atom stereocenters. The summed E-state index contributed by atoms with van der Waals surface area (Å²) in [6, 6.07) is 0. The van der Waals surface area contributed by atoms with Gasteiger partial charge in [0, 0.05) is 19.3 Å². The van der Waals surface area contributed by atoms with Crippen LogP contribution in [0.3, 0.4) is 0 Å². The van der Waals surface area contributed by atoms with E-state index in [-0.39, 0.29) is 31.1 Å². The van der Waals surface area contributed by atoms with Crippen molar-refractivity contribution in [3.05, 3.63) is 36.5 Å². The number of hydrogen-bond donors (Lipinski definition) is 0. The van der Waals surface area contributed by atoms with E-state index < -0.39 is 6.10 Å². The molecule has 0 aliphatic rings. The van der Waals surface area contributed by atoms with Crippen LogP contribution in [0.25, 0.3) is 0 Å². The fraction of sp³-hybridized carbons (Fsp3) is 0.820. The molecule has 326 valence electrons. The summed E-state index contributed by atoms with van der Waals surface area (Å²) >= 11 is 0. The van der Waals surface area contributed by atoms with Crippen molar-refractivity contribution in [2.75, 3.05) is 13.2 Å². The average molecular weight is 787 g/mol. The van der Waals surface area contributed by atoms with E-state index in [1.165, 1.54) is 116 Å². The molecule has 0 fully saturated rings. The van der Waals surface area contributed by atoms with Crippen LogP contribution in [-0.2, 0) is 28.6 Å². The van der Waals surface area contributed by atoms with Crippen molar-refractivity contribution in [1.82, 2.24) is 0 Å². The minimum absolute atomic E-state index is 0.0794. The van der Waals surface area contributed by atoms with Crippen molar-refractivity contribution in [1.29, 1.82) is 0 Å². The molecule has 0 aromatic rings. The molecule has 0 amide bonds. The second-order valence-corrected chi connectivity index (χ2v) is 16.0. The van der Waals surface area contributed by atoms with Gasteiger partial charge in [0.15, 0.2) is 6.10 Å². The number of allylic oxidation sites excluding steroid dienone is 6. The molecule has 0 aliphatic heterocycles. The third kappa shape index (κ3) is 42.8. The molecule has 0 spiro atoms. The number of rotatable bonds is 43. The number of carbonyl (C=O) groups is 3. The Morgan fingerprint density at radius 2 is 0.643 bits per heavy atom. The highest BCUT2D eigenvalue weighted by molar-refractivity contribution is 5.71. The quantitative estimate of drug-likeness (QED) is 0.0265. The molecule has 0 aromatic carbocycles. The summed E-state index contributed by atoms with van der Waals surface area (Å²) in [7, 11) is 0. The molecule has 0 heterocycles. The Labute approximate surface area is 346 Å². The van der Waals surface area contributed by atoms with Gasteiger partial charge in [0.05, 0.1) is 0 Å². The second-order valence-electron chi connectivity index (χ2n) is 16.0. The van der Waals surface area contributed by atoms with E-state index >= 15 is 0 Å². The van der Waals surface area contributed by atoms with Crippen LogP contribution in [0, 0.1) is 0 Å². The van der Waals surface area contributed by atoms with Gasteiger partial charge < -0.3 is 14.2 Å². The fourth-order valence-corrected chi connectivity index (χ4v) is 6.70. The lowest BCUT2D eigenvalue weighted by Crippen LogP contribution is -2.30. The minimum atomic E-state index is -0.774. The number of esters is 3. The van der Waals surface area contributed by atoms with Crippen LogP contribution >= 0.6 is 0 Å². The van der Waals surface area contributed by atoms with E-state index in [0.717, 1.165) is 89.9 Å². The van der Waals surface area contributed by atoms with Crippen LogP contribution in [0.2, 0.25) is 0 Å². The summed E-state index contributed by atoms with van der Waals surface area (Å²) in [5, 5.41) is 0. The van der Waals surface area contributed by atoms with Crippen LogP contribution in [-0.4, -0.2) is 37.2 Å².